The van der Waals surface area contributed by atoms with Crippen molar-refractivity contribution < 1.29 is 28.2 Å². The summed E-state index contributed by atoms with van der Waals surface area (Å²) in [6, 6.07) is 0. The molecule has 2 N–H and O–H groups in total. The zero-order valence-electron chi connectivity index (χ0n) is 6.82. The Bertz CT molecular complexity index is 305. The van der Waals surface area contributed by atoms with E-state index in [1.54, 1.807) is 0 Å². The van der Waals surface area contributed by atoms with Crippen LogP contribution in [0.1, 0.15) is 0 Å². The molecule has 78 valence electrons. The van der Waals surface area contributed by atoms with Crippen LogP contribution >= 0.6 is 0 Å². The summed E-state index contributed by atoms with van der Waals surface area (Å²) in [6.07, 6.45) is -3.77. The van der Waals surface area contributed by atoms with Gasteiger partial charge >= 0.3 is 12.1 Å². The zero-order chi connectivity index (χ0) is 11.0. The van der Waals surface area contributed by atoms with E-state index in [0.717, 1.165) is 18.2 Å². The molecular formula is C8H7F3O3. The van der Waals surface area contributed by atoms with Crippen LogP contribution in [0.4, 0.5) is 13.2 Å². The molecule has 2 unspecified atom stereocenters. The van der Waals surface area contributed by atoms with Gasteiger partial charge in [-0.2, -0.15) is 13.2 Å². The molecule has 0 saturated heterocycles. The van der Waals surface area contributed by atoms with E-state index in [-0.39, 0.29) is 0 Å². The van der Waals surface area contributed by atoms with E-state index in [4.69, 9.17) is 10.2 Å². The molecule has 0 heterocycles. The van der Waals surface area contributed by atoms with Crippen LogP contribution in [0, 0.1) is 5.41 Å². The summed E-state index contributed by atoms with van der Waals surface area (Å²) in [6.45, 7) is 0. The number of aliphatic carboxylic acids is 1. The van der Waals surface area contributed by atoms with Gasteiger partial charge in [-0.05, 0) is 0 Å². The summed E-state index contributed by atoms with van der Waals surface area (Å²) in [5.74, 6) is -2.11. The van der Waals surface area contributed by atoms with Crippen molar-refractivity contribution in [3.8, 4) is 0 Å². The quantitative estimate of drug-likeness (QED) is 0.678. The summed E-state index contributed by atoms with van der Waals surface area (Å²) < 4.78 is 37.4. The third-order valence-corrected chi connectivity index (χ3v) is 2.05. The Morgan fingerprint density at radius 2 is 1.93 bits per heavy atom. The normalized spacial score (nSPS) is 31.9. The maximum Gasteiger partial charge on any atom is 0.411 e. The van der Waals surface area contributed by atoms with Crippen LogP contribution in [0.5, 0.6) is 0 Å². The number of hydrogen-bond acceptors (Lipinski definition) is 2. The fourth-order valence-electron chi connectivity index (χ4n) is 1.21. The average Bonchev–Trinajstić information content (AvgIpc) is 2.02. The fourth-order valence-corrected chi connectivity index (χ4v) is 1.21. The number of hydrogen-bond donors (Lipinski definition) is 2. The Morgan fingerprint density at radius 1 is 1.36 bits per heavy atom. The molecule has 0 fully saturated rings. The number of alkyl halides is 3. The van der Waals surface area contributed by atoms with Gasteiger partial charge in [0.2, 0.25) is 5.41 Å². The first kappa shape index (κ1) is 10.8. The first-order valence-corrected chi connectivity index (χ1v) is 3.66. The number of aliphatic hydroxyl groups excluding tert-OH is 1. The highest BCUT2D eigenvalue weighted by Gasteiger charge is 2.63. The zero-order valence-corrected chi connectivity index (χ0v) is 6.82. The van der Waals surface area contributed by atoms with Crippen LogP contribution in [0.25, 0.3) is 0 Å². The number of carbonyl (C=O) groups is 1. The molecule has 0 bridgehead atoms. The molecule has 0 amide bonds. The highest BCUT2D eigenvalue weighted by atomic mass is 19.4. The van der Waals surface area contributed by atoms with Gasteiger partial charge in [-0.15, -0.1) is 0 Å². The third kappa shape index (κ3) is 1.31. The molecule has 0 saturated carbocycles. The Balaban J connectivity index is 3.25. The van der Waals surface area contributed by atoms with Crippen molar-refractivity contribution in [2.45, 2.75) is 12.3 Å². The number of carboxylic acids is 1. The smallest absolute Gasteiger partial charge is 0.411 e. The van der Waals surface area contributed by atoms with E-state index in [2.05, 4.69) is 0 Å². The van der Waals surface area contributed by atoms with E-state index in [0.29, 0.717) is 6.08 Å². The van der Waals surface area contributed by atoms with Gasteiger partial charge in [-0.25, -0.2) is 0 Å². The molecule has 0 aliphatic heterocycles. The molecule has 0 spiro atoms. The van der Waals surface area contributed by atoms with Crippen molar-refractivity contribution in [3.05, 3.63) is 24.3 Å². The van der Waals surface area contributed by atoms with Gasteiger partial charge in [-0.1, -0.05) is 24.3 Å². The summed E-state index contributed by atoms with van der Waals surface area (Å²) in [7, 11) is 0. The molecular weight excluding hydrogens is 201 g/mol. The lowest BCUT2D eigenvalue weighted by Crippen LogP contribution is -2.52. The SMILES string of the molecule is O=C(O)C1(C(F)(F)F)C=CC=CC1O. The predicted octanol–water partition coefficient (Wildman–Crippen LogP) is 1.11. The van der Waals surface area contributed by atoms with Crippen LogP contribution < -0.4 is 0 Å². The Labute approximate surface area is 77.2 Å². The van der Waals surface area contributed by atoms with Crippen molar-refractivity contribution >= 4 is 5.97 Å². The Morgan fingerprint density at radius 3 is 2.21 bits per heavy atom. The summed E-state index contributed by atoms with van der Waals surface area (Å²) in [4.78, 5) is 10.6. The molecule has 0 aromatic carbocycles. The highest BCUT2D eigenvalue weighted by molar-refractivity contribution is 5.80. The summed E-state index contributed by atoms with van der Waals surface area (Å²) in [5, 5.41) is 17.6. The van der Waals surface area contributed by atoms with Crippen LogP contribution in [0.15, 0.2) is 24.3 Å². The molecule has 14 heavy (non-hydrogen) atoms. The minimum absolute atomic E-state index is 0.444. The summed E-state index contributed by atoms with van der Waals surface area (Å²) in [5.41, 5.74) is -3.22. The number of rotatable bonds is 1. The number of halogens is 3. The topological polar surface area (TPSA) is 57.5 Å². The molecule has 1 aliphatic rings. The maximum absolute atomic E-state index is 12.5. The maximum atomic E-state index is 12.5. The molecule has 2 atom stereocenters. The van der Waals surface area contributed by atoms with E-state index in [1.807, 2.05) is 0 Å². The average molecular weight is 208 g/mol. The lowest BCUT2D eigenvalue weighted by atomic mass is 9.78. The van der Waals surface area contributed by atoms with E-state index in [9.17, 15) is 18.0 Å². The van der Waals surface area contributed by atoms with E-state index >= 15 is 0 Å². The van der Waals surface area contributed by atoms with Gasteiger partial charge in [0.15, 0.2) is 0 Å². The third-order valence-electron chi connectivity index (χ3n) is 2.05. The van der Waals surface area contributed by atoms with Crippen LogP contribution in [-0.2, 0) is 4.79 Å². The molecule has 0 aromatic heterocycles. The molecule has 0 radical (unpaired) electrons. The fraction of sp³-hybridized carbons (Fsp3) is 0.375. The Kier molecular flexibility index (Phi) is 2.41. The van der Waals surface area contributed by atoms with E-state index < -0.39 is 23.7 Å². The lowest BCUT2D eigenvalue weighted by Gasteiger charge is -2.32. The monoisotopic (exact) mass is 208 g/mol. The molecule has 0 aromatic rings. The standard InChI is InChI=1S/C8H7F3O3/c9-8(10,11)7(6(13)14)4-2-1-3-5(7)12/h1-5,12H,(H,13,14). The minimum atomic E-state index is -5.03. The van der Waals surface area contributed by atoms with Gasteiger partial charge in [0, 0.05) is 0 Å². The highest BCUT2D eigenvalue weighted by Crippen LogP contribution is 2.44. The first-order valence-electron chi connectivity index (χ1n) is 3.66. The number of carboxylic acid groups (broad SMARTS) is 1. The number of allylic oxidation sites excluding steroid dienone is 2. The lowest BCUT2D eigenvalue weighted by molar-refractivity contribution is -0.234. The van der Waals surface area contributed by atoms with E-state index in [1.165, 1.54) is 0 Å². The predicted molar refractivity (Wildman–Crippen MR) is 40.4 cm³/mol. The van der Waals surface area contributed by atoms with Crippen molar-refractivity contribution in [1.82, 2.24) is 0 Å². The van der Waals surface area contributed by atoms with Crippen LogP contribution in [0.2, 0.25) is 0 Å². The minimum Gasteiger partial charge on any atom is -0.480 e. The molecule has 3 nitrogen and oxygen atoms in total. The summed E-state index contributed by atoms with van der Waals surface area (Å²) >= 11 is 0. The first-order chi connectivity index (χ1) is 6.32. The largest absolute Gasteiger partial charge is 0.480 e. The van der Waals surface area contributed by atoms with Crippen LogP contribution in [-0.4, -0.2) is 28.5 Å². The second-order valence-corrected chi connectivity index (χ2v) is 2.86. The molecule has 1 aliphatic carbocycles. The van der Waals surface area contributed by atoms with Gasteiger partial charge in [0.25, 0.3) is 0 Å². The second kappa shape index (κ2) is 3.13. The van der Waals surface area contributed by atoms with Crippen molar-refractivity contribution in [2.75, 3.05) is 0 Å². The molecule has 6 heteroatoms. The van der Waals surface area contributed by atoms with Crippen molar-refractivity contribution in [2.24, 2.45) is 5.41 Å². The van der Waals surface area contributed by atoms with Gasteiger partial charge < -0.3 is 10.2 Å². The molecule has 1 rings (SSSR count). The second-order valence-electron chi connectivity index (χ2n) is 2.86. The van der Waals surface area contributed by atoms with Crippen molar-refractivity contribution in [1.29, 1.82) is 0 Å². The van der Waals surface area contributed by atoms with Crippen LogP contribution in [0.3, 0.4) is 0 Å². The van der Waals surface area contributed by atoms with Crippen molar-refractivity contribution in [3.63, 3.8) is 0 Å². The number of aliphatic hydroxyl groups is 1. The van der Waals surface area contributed by atoms with Gasteiger partial charge in [-0.3, -0.25) is 4.79 Å². The Hall–Kier alpha value is -1.30. The van der Waals surface area contributed by atoms with Gasteiger partial charge in [0.05, 0.1) is 0 Å². The van der Waals surface area contributed by atoms with Gasteiger partial charge in [0.1, 0.15) is 6.10 Å².